The first-order valence-corrected chi connectivity index (χ1v) is 3.01. The van der Waals surface area contributed by atoms with Crippen molar-refractivity contribution in [2.75, 3.05) is 0 Å². The van der Waals surface area contributed by atoms with E-state index in [0.29, 0.717) is 0 Å². The molecule has 0 aromatic carbocycles. The van der Waals surface area contributed by atoms with Crippen molar-refractivity contribution in [1.82, 2.24) is 0 Å². The molecule has 10 heavy (non-hydrogen) atoms. The lowest BCUT2D eigenvalue weighted by atomic mass is 10.4. The number of halogens is 1. The van der Waals surface area contributed by atoms with E-state index in [-0.39, 0.29) is 5.03 Å². The van der Waals surface area contributed by atoms with Crippen molar-refractivity contribution in [2.45, 2.75) is 19.6 Å². The largest absolute Gasteiger partial charge is 0.430 e. The Morgan fingerprint density at radius 2 is 2.10 bits per heavy atom. The van der Waals surface area contributed by atoms with E-state index in [0.717, 1.165) is 0 Å². The number of hydrogen-bond donors (Lipinski definition) is 1. The van der Waals surface area contributed by atoms with Crippen molar-refractivity contribution in [3.63, 3.8) is 0 Å². The Morgan fingerprint density at radius 3 is 2.20 bits per heavy atom. The van der Waals surface area contributed by atoms with Crippen LogP contribution < -0.4 is 0 Å². The van der Waals surface area contributed by atoms with E-state index >= 15 is 0 Å². The van der Waals surface area contributed by atoms with Crippen LogP contribution in [0.3, 0.4) is 0 Å². The topological polar surface area (TPSA) is 46.5 Å². The molecule has 0 rings (SSSR count). The highest BCUT2D eigenvalue weighted by Gasteiger charge is 2.19. The molecule has 0 radical (unpaired) electrons. The summed E-state index contributed by atoms with van der Waals surface area (Å²) < 4.78 is 4.38. The van der Waals surface area contributed by atoms with Gasteiger partial charge in [-0.25, -0.2) is 4.79 Å². The Hall–Kier alpha value is -0.540. The molecule has 0 aromatic heterocycles. The van der Waals surface area contributed by atoms with E-state index < -0.39 is 11.8 Å². The first-order valence-electron chi connectivity index (χ1n) is 2.63. The second-order valence-electron chi connectivity index (χ2n) is 2.24. The van der Waals surface area contributed by atoms with Crippen LogP contribution in [0.4, 0.5) is 0 Å². The summed E-state index contributed by atoms with van der Waals surface area (Å²) in [6.07, 6.45) is 0. The highest BCUT2D eigenvalue weighted by Crippen LogP contribution is 2.08. The highest BCUT2D eigenvalue weighted by atomic mass is 35.5. The van der Waals surface area contributed by atoms with E-state index in [1.54, 1.807) is 0 Å². The first-order chi connectivity index (χ1) is 4.33. The molecule has 0 bridgehead atoms. The van der Waals surface area contributed by atoms with Gasteiger partial charge >= 0.3 is 5.97 Å². The van der Waals surface area contributed by atoms with E-state index in [1.165, 1.54) is 13.8 Å². The van der Waals surface area contributed by atoms with Crippen LogP contribution in [0, 0.1) is 0 Å². The highest BCUT2D eigenvalue weighted by molar-refractivity contribution is 6.40. The summed E-state index contributed by atoms with van der Waals surface area (Å²) in [5, 5.41) is 8.65. The normalized spacial score (nSPS) is 10.8. The lowest BCUT2D eigenvalue weighted by Crippen LogP contribution is -2.27. The van der Waals surface area contributed by atoms with Crippen LogP contribution in [0.15, 0.2) is 11.6 Å². The Balaban J connectivity index is 3.93. The summed E-state index contributed by atoms with van der Waals surface area (Å²) in [6.45, 7) is 5.77. The van der Waals surface area contributed by atoms with E-state index in [1.807, 2.05) is 0 Å². The van der Waals surface area contributed by atoms with Crippen molar-refractivity contribution in [3.05, 3.63) is 11.6 Å². The second-order valence-corrected chi connectivity index (χ2v) is 2.70. The maximum Gasteiger partial charge on any atom is 0.351 e. The molecule has 0 atom stereocenters. The van der Waals surface area contributed by atoms with Gasteiger partial charge in [-0.3, -0.25) is 0 Å². The molecule has 0 spiro atoms. The summed E-state index contributed by atoms with van der Waals surface area (Å²) in [6, 6.07) is 0. The average molecular weight is 165 g/mol. The third-order valence-electron chi connectivity index (χ3n) is 0.564. The molecule has 3 nitrogen and oxygen atoms in total. The van der Waals surface area contributed by atoms with E-state index in [4.69, 9.17) is 16.7 Å². The van der Waals surface area contributed by atoms with Gasteiger partial charge in [-0.15, -0.1) is 0 Å². The molecule has 0 fully saturated rings. The Kier molecular flexibility index (Phi) is 2.87. The minimum Gasteiger partial charge on any atom is -0.430 e. The van der Waals surface area contributed by atoms with Crippen LogP contribution in [0.2, 0.25) is 0 Å². The van der Waals surface area contributed by atoms with Gasteiger partial charge in [-0.1, -0.05) is 18.2 Å². The molecule has 0 heterocycles. The predicted octanol–water partition coefficient (Wildman–Crippen LogP) is 1.01. The van der Waals surface area contributed by atoms with Gasteiger partial charge in [-0.05, 0) is 0 Å². The number of esters is 1. The number of carbonyl (C=O) groups excluding carboxylic acids is 1. The number of aliphatic hydroxyl groups is 1. The minimum absolute atomic E-state index is 0.248. The smallest absolute Gasteiger partial charge is 0.351 e. The fourth-order valence-electron chi connectivity index (χ4n) is 0.282. The van der Waals surface area contributed by atoms with Crippen molar-refractivity contribution in [2.24, 2.45) is 0 Å². The zero-order chi connectivity index (χ0) is 8.36. The lowest BCUT2D eigenvalue weighted by molar-refractivity contribution is -0.189. The van der Waals surface area contributed by atoms with Gasteiger partial charge in [0.05, 0.1) is 0 Å². The van der Waals surface area contributed by atoms with Crippen LogP contribution in [-0.4, -0.2) is 16.9 Å². The lowest BCUT2D eigenvalue weighted by Gasteiger charge is -2.16. The average Bonchev–Trinajstić information content (AvgIpc) is 1.60. The van der Waals surface area contributed by atoms with E-state index in [2.05, 4.69) is 11.3 Å². The van der Waals surface area contributed by atoms with Gasteiger partial charge in [0.15, 0.2) is 0 Å². The van der Waals surface area contributed by atoms with Crippen LogP contribution in [0.5, 0.6) is 0 Å². The third-order valence-corrected chi connectivity index (χ3v) is 0.718. The monoisotopic (exact) mass is 164 g/mol. The SMILES string of the molecule is C=C(Cl)C(=O)OC(C)(C)O. The number of hydrogen-bond acceptors (Lipinski definition) is 3. The van der Waals surface area contributed by atoms with Crippen LogP contribution >= 0.6 is 11.6 Å². The van der Waals surface area contributed by atoms with Gasteiger partial charge in [0.2, 0.25) is 5.79 Å². The van der Waals surface area contributed by atoms with E-state index in [9.17, 15) is 4.79 Å². The van der Waals surface area contributed by atoms with Crippen molar-refractivity contribution in [3.8, 4) is 0 Å². The van der Waals surface area contributed by atoms with Crippen molar-refractivity contribution < 1.29 is 14.6 Å². The Labute approximate surface area is 64.2 Å². The molecule has 0 saturated carbocycles. The number of carbonyl (C=O) groups is 1. The standard InChI is InChI=1S/C6H9ClO3/c1-4(7)5(8)10-6(2,3)9/h9H,1H2,2-3H3. The van der Waals surface area contributed by atoms with Crippen molar-refractivity contribution >= 4 is 17.6 Å². The molecular formula is C6H9ClO3. The number of ether oxygens (including phenoxy) is 1. The van der Waals surface area contributed by atoms with Gasteiger partial charge in [0, 0.05) is 13.8 Å². The maximum atomic E-state index is 10.5. The molecule has 0 aliphatic carbocycles. The molecule has 1 N–H and O–H groups in total. The Morgan fingerprint density at radius 1 is 1.70 bits per heavy atom. The van der Waals surface area contributed by atoms with Gasteiger partial charge in [0.1, 0.15) is 5.03 Å². The predicted molar refractivity (Wildman–Crippen MR) is 37.4 cm³/mol. The van der Waals surface area contributed by atoms with Crippen LogP contribution in [0.25, 0.3) is 0 Å². The second kappa shape index (κ2) is 3.03. The van der Waals surface area contributed by atoms with Crippen LogP contribution in [0.1, 0.15) is 13.8 Å². The summed E-state index contributed by atoms with van der Waals surface area (Å²) in [5.41, 5.74) is 0. The minimum atomic E-state index is -1.49. The summed E-state index contributed by atoms with van der Waals surface area (Å²) in [4.78, 5) is 10.5. The van der Waals surface area contributed by atoms with Crippen molar-refractivity contribution in [1.29, 1.82) is 0 Å². The quantitative estimate of drug-likeness (QED) is 0.377. The molecule has 0 aliphatic rings. The van der Waals surface area contributed by atoms with Crippen LogP contribution in [-0.2, 0) is 9.53 Å². The maximum absolute atomic E-state index is 10.5. The molecule has 0 amide bonds. The summed E-state index contributed by atoms with van der Waals surface area (Å²) >= 11 is 5.15. The Bertz CT molecular complexity index is 157. The zero-order valence-electron chi connectivity index (χ0n) is 5.85. The molecule has 0 aliphatic heterocycles. The van der Waals surface area contributed by atoms with Gasteiger partial charge in [-0.2, -0.15) is 0 Å². The number of rotatable bonds is 2. The molecule has 0 unspecified atom stereocenters. The molecule has 0 saturated heterocycles. The third kappa shape index (κ3) is 4.35. The van der Waals surface area contributed by atoms with Gasteiger partial charge in [0.25, 0.3) is 0 Å². The molecular weight excluding hydrogens is 156 g/mol. The fourth-order valence-corrected chi connectivity index (χ4v) is 0.321. The summed E-state index contributed by atoms with van der Waals surface area (Å²) in [7, 11) is 0. The zero-order valence-corrected chi connectivity index (χ0v) is 6.60. The fraction of sp³-hybridized carbons (Fsp3) is 0.500. The first kappa shape index (κ1) is 9.46. The molecule has 58 valence electrons. The molecule has 0 aromatic rings. The molecule has 4 heteroatoms. The van der Waals surface area contributed by atoms with Gasteiger partial charge < -0.3 is 9.84 Å². The summed E-state index contributed by atoms with van der Waals surface area (Å²) in [5.74, 6) is -2.30.